The van der Waals surface area contributed by atoms with Gasteiger partial charge in [-0.2, -0.15) is 0 Å². The zero-order valence-corrected chi connectivity index (χ0v) is 9.53. The normalized spacial score (nSPS) is 9.88. The molecule has 1 rings (SSSR count). The number of aryl methyl sites for hydroxylation is 1. The number of carboxylic acids is 1. The maximum atomic E-state index is 10.5. The Hall–Kier alpha value is -1.71. The maximum Gasteiger partial charge on any atom is 0.303 e. The quantitative estimate of drug-likeness (QED) is 0.804. The van der Waals surface area contributed by atoms with Crippen LogP contribution in [0.5, 0.6) is 11.5 Å². The van der Waals surface area contributed by atoms with E-state index < -0.39 is 5.97 Å². The first-order valence-electron chi connectivity index (χ1n) is 5.19. The van der Waals surface area contributed by atoms with Crippen molar-refractivity contribution >= 4 is 5.97 Å². The van der Waals surface area contributed by atoms with Crippen LogP contribution >= 0.6 is 0 Å². The van der Waals surface area contributed by atoms with E-state index in [1.165, 1.54) is 0 Å². The zero-order chi connectivity index (χ0) is 12.0. The standard InChI is InChI=1S/C12H16O4/c1-3-16-11-8-9(5-7-12(13)14)4-6-10(11)15-2/h4,6,8H,3,5,7H2,1-2H3,(H,13,14). The van der Waals surface area contributed by atoms with Crippen LogP contribution in [0.2, 0.25) is 0 Å². The lowest BCUT2D eigenvalue weighted by Gasteiger charge is -2.10. The topological polar surface area (TPSA) is 55.8 Å². The van der Waals surface area contributed by atoms with Crippen molar-refractivity contribution in [2.45, 2.75) is 19.8 Å². The van der Waals surface area contributed by atoms with Crippen molar-refractivity contribution in [1.29, 1.82) is 0 Å². The van der Waals surface area contributed by atoms with Gasteiger partial charge in [0, 0.05) is 6.42 Å². The molecule has 1 aromatic carbocycles. The van der Waals surface area contributed by atoms with Crippen LogP contribution < -0.4 is 9.47 Å². The van der Waals surface area contributed by atoms with Gasteiger partial charge in [-0.25, -0.2) is 0 Å². The van der Waals surface area contributed by atoms with E-state index >= 15 is 0 Å². The van der Waals surface area contributed by atoms with Gasteiger partial charge in [-0.3, -0.25) is 4.79 Å². The minimum atomic E-state index is -0.797. The molecule has 0 radical (unpaired) electrons. The summed E-state index contributed by atoms with van der Waals surface area (Å²) in [7, 11) is 1.58. The Morgan fingerprint density at radius 1 is 1.38 bits per heavy atom. The molecule has 1 aromatic rings. The fraction of sp³-hybridized carbons (Fsp3) is 0.417. The summed E-state index contributed by atoms with van der Waals surface area (Å²) >= 11 is 0. The van der Waals surface area contributed by atoms with Crippen molar-refractivity contribution in [3.05, 3.63) is 23.8 Å². The van der Waals surface area contributed by atoms with Crippen molar-refractivity contribution in [3.8, 4) is 11.5 Å². The molecular weight excluding hydrogens is 208 g/mol. The number of hydrogen-bond acceptors (Lipinski definition) is 3. The van der Waals surface area contributed by atoms with Crippen molar-refractivity contribution in [2.24, 2.45) is 0 Å². The van der Waals surface area contributed by atoms with Gasteiger partial charge in [0.2, 0.25) is 0 Å². The molecule has 0 aliphatic carbocycles. The molecule has 0 aliphatic rings. The third-order valence-electron chi connectivity index (χ3n) is 2.16. The van der Waals surface area contributed by atoms with Gasteiger partial charge in [-0.15, -0.1) is 0 Å². The largest absolute Gasteiger partial charge is 0.493 e. The van der Waals surface area contributed by atoms with E-state index in [-0.39, 0.29) is 6.42 Å². The molecule has 16 heavy (non-hydrogen) atoms. The van der Waals surface area contributed by atoms with Gasteiger partial charge in [0.05, 0.1) is 13.7 Å². The van der Waals surface area contributed by atoms with Gasteiger partial charge >= 0.3 is 5.97 Å². The number of aliphatic carboxylic acids is 1. The number of benzene rings is 1. The van der Waals surface area contributed by atoms with E-state index in [1.807, 2.05) is 19.1 Å². The van der Waals surface area contributed by atoms with Gasteiger partial charge in [0.25, 0.3) is 0 Å². The number of methoxy groups -OCH3 is 1. The molecule has 0 fully saturated rings. The summed E-state index contributed by atoms with van der Waals surface area (Å²) in [6, 6.07) is 5.47. The lowest BCUT2D eigenvalue weighted by Crippen LogP contribution is -1.99. The van der Waals surface area contributed by atoms with Crippen LogP contribution in [0.3, 0.4) is 0 Å². The van der Waals surface area contributed by atoms with Gasteiger partial charge in [-0.05, 0) is 31.0 Å². The molecule has 0 unspecified atom stereocenters. The summed E-state index contributed by atoms with van der Waals surface area (Å²) in [5.41, 5.74) is 0.937. The Morgan fingerprint density at radius 3 is 2.69 bits per heavy atom. The molecule has 4 heteroatoms. The average Bonchev–Trinajstić information content (AvgIpc) is 2.27. The fourth-order valence-corrected chi connectivity index (χ4v) is 1.40. The smallest absolute Gasteiger partial charge is 0.303 e. The number of hydrogen-bond donors (Lipinski definition) is 1. The summed E-state index contributed by atoms with van der Waals surface area (Å²) in [4.78, 5) is 10.5. The van der Waals surface area contributed by atoms with Crippen LogP contribution in [0.25, 0.3) is 0 Å². The van der Waals surface area contributed by atoms with E-state index in [9.17, 15) is 4.79 Å². The van der Waals surface area contributed by atoms with Crippen LogP contribution in [0.1, 0.15) is 18.9 Å². The molecule has 0 atom stereocenters. The molecular formula is C12H16O4. The average molecular weight is 224 g/mol. The Kier molecular flexibility index (Phi) is 4.64. The van der Waals surface area contributed by atoms with Crippen molar-refractivity contribution in [3.63, 3.8) is 0 Å². The molecule has 1 N–H and O–H groups in total. The fourth-order valence-electron chi connectivity index (χ4n) is 1.40. The molecule has 0 aliphatic heterocycles. The predicted molar refractivity (Wildman–Crippen MR) is 60.1 cm³/mol. The van der Waals surface area contributed by atoms with Crippen LogP contribution in [-0.2, 0) is 11.2 Å². The summed E-state index contributed by atoms with van der Waals surface area (Å²) in [6.45, 7) is 2.45. The van der Waals surface area contributed by atoms with Crippen molar-refractivity contribution in [2.75, 3.05) is 13.7 Å². The molecule has 0 heterocycles. The Labute approximate surface area is 94.8 Å². The molecule has 0 saturated carbocycles. The van der Waals surface area contributed by atoms with Gasteiger partial charge in [0.15, 0.2) is 11.5 Å². The third kappa shape index (κ3) is 3.46. The summed E-state index contributed by atoms with van der Waals surface area (Å²) < 4.78 is 10.5. The number of carbonyl (C=O) groups is 1. The van der Waals surface area contributed by atoms with E-state index in [2.05, 4.69) is 0 Å². The van der Waals surface area contributed by atoms with Crippen molar-refractivity contribution < 1.29 is 19.4 Å². The first-order chi connectivity index (χ1) is 7.67. The molecule has 0 amide bonds. The number of ether oxygens (including phenoxy) is 2. The highest BCUT2D eigenvalue weighted by atomic mass is 16.5. The molecule has 0 saturated heterocycles. The molecule has 4 nitrogen and oxygen atoms in total. The second-order valence-corrected chi connectivity index (χ2v) is 3.31. The van der Waals surface area contributed by atoms with Crippen LogP contribution in [0.15, 0.2) is 18.2 Å². The van der Waals surface area contributed by atoms with E-state index in [4.69, 9.17) is 14.6 Å². The molecule has 0 bridgehead atoms. The highest BCUT2D eigenvalue weighted by molar-refractivity contribution is 5.67. The highest BCUT2D eigenvalue weighted by Gasteiger charge is 2.06. The van der Waals surface area contributed by atoms with Crippen LogP contribution in [0.4, 0.5) is 0 Å². The van der Waals surface area contributed by atoms with Crippen LogP contribution in [-0.4, -0.2) is 24.8 Å². The second kappa shape index (κ2) is 6.00. The monoisotopic (exact) mass is 224 g/mol. The van der Waals surface area contributed by atoms with Gasteiger partial charge in [-0.1, -0.05) is 6.07 Å². The Balaban J connectivity index is 2.79. The second-order valence-electron chi connectivity index (χ2n) is 3.31. The van der Waals surface area contributed by atoms with E-state index in [1.54, 1.807) is 13.2 Å². The number of carboxylic acid groups (broad SMARTS) is 1. The van der Waals surface area contributed by atoms with E-state index in [0.717, 1.165) is 5.56 Å². The molecule has 0 aromatic heterocycles. The SMILES string of the molecule is CCOc1cc(CCC(=O)O)ccc1OC. The number of rotatable bonds is 6. The highest BCUT2D eigenvalue weighted by Crippen LogP contribution is 2.28. The van der Waals surface area contributed by atoms with Gasteiger partial charge < -0.3 is 14.6 Å². The van der Waals surface area contributed by atoms with Crippen LogP contribution in [0, 0.1) is 0 Å². The molecule has 88 valence electrons. The summed E-state index contributed by atoms with van der Waals surface area (Å²) in [5, 5.41) is 8.59. The van der Waals surface area contributed by atoms with Gasteiger partial charge in [0.1, 0.15) is 0 Å². The minimum Gasteiger partial charge on any atom is -0.493 e. The maximum absolute atomic E-state index is 10.5. The lowest BCUT2D eigenvalue weighted by molar-refractivity contribution is -0.136. The Bertz CT molecular complexity index is 360. The minimum absolute atomic E-state index is 0.123. The third-order valence-corrected chi connectivity index (χ3v) is 2.16. The summed E-state index contributed by atoms with van der Waals surface area (Å²) in [5.74, 6) is 0.530. The van der Waals surface area contributed by atoms with E-state index in [0.29, 0.717) is 24.5 Å². The first kappa shape index (κ1) is 12.4. The zero-order valence-electron chi connectivity index (χ0n) is 9.53. The summed E-state index contributed by atoms with van der Waals surface area (Å²) in [6.07, 6.45) is 0.622. The Morgan fingerprint density at radius 2 is 2.12 bits per heavy atom. The van der Waals surface area contributed by atoms with Crippen molar-refractivity contribution in [1.82, 2.24) is 0 Å². The predicted octanol–water partition coefficient (Wildman–Crippen LogP) is 2.11. The molecule has 0 spiro atoms. The lowest BCUT2D eigenvalue weighted by atomic mass is 10.1. The first-order valence-corrected chi connectivity index (χ1v) is 5.19.